The van der Waals surface area contributed by atoms with Gasteiger partial charge in [0.2, 0.25) is 0 Å². The number of alkyl halides is 7. The van der Waals surface area contributed by atoms with Crippen molar-refractivity contribution in [2.24, 2.45) is 17.8 Å². The number of H-pyrrole nitrogens is 1. The number of anilines is 2. The summed E-state index contributed by atoms with van der Waals surface area (Å²) in [7, 11) is 1.55. The van der Waals surface area contributed by atoms with E-state index in [9.17, 15) is 70.4 Å². The number of hydrogen-bond acceptors (Lipinski definition) is 18. The van der Waals surface area contributed by atoms with Gasteiger partial charge in [-0.1, -0.05) is 53.7 Å². The largest absolute Gasteiger partial charge is 0.497 e. The molecule has 4 aromatic heterocycles. The smallest absolute Gasteiger partial charge is 0.351 e. The molecule has 0 amide bonds. The molecule has 5 aromatic rings. The van der Waals surface area contributed by atoms with Gasteiger partial charge in [-0.25, -0.2) is 49.9 Å². The summed E-state index contributed by atoms with van der Waals surface area (Å²) in [6.07, 6.45) is -13.3. The van der Waals surface area contributed by atoms with Crippen LogP contribution in [-0.4, -0.2) is 145 Å². The number of nitrogen functional groups attached to an aromatic ring is 2. The number of halogens is 7. The third-order valence-electron chi connectivity index (χ3n) is 17.9. The minimum atomic E-state index is -2.12. The lowest BCUT2D eigenvalue weighted by Crippen LogP contribution is -2.52. The van der Waals surface area contributed by atoms with Gasteiger partial charge in [0.1, 0.15) is 58.8 Å². The van der Waals surface area contributed by atoms with E-state index < -0.39 is 161 Å². The number of ether oxygens (including phenoxy) is 5. The maximum Gasteiger partial charge on any atom is 0.351 e. The summed E-state index contributed by atoms with van der Waals surface area (Å²) in [5.74, 6) is -1.33. The van der Waals surface area contributed by atoms with Gasteiger partial charge in [0, 0.05) is 54.7 Å². The third-order valence-corrected chi connectivity index (χ3v) is 17.9. The summed E-state index contributed by atoms with van der Waals surface area (Å²) in [4.78, 5) is 80.5. The first kappa shape index (κ1) is 71.1. The maximum absolute atomic E-state index is 15.1. The van der Waals surface area contributed by atoms with E-state index in [0.717, 1.165) is 47.6 Å². The fraction of sp³-hybridized carbons (Fsp3) is 0.621. The van der Waals surface area contributed by atoms with Crippen LogP contribution < -0.4 is 50.1 Å². The summed E-state index contributed by atoms with van der Waals surface area (Å²) >= 11 is 0. The first-order valence-corrected chi connectivity index (χ1v) is 28.9. The molecule has 4 fully saturated rings. The summed E-state index contributed by atoms with van der Waals surface area (Å²) in [5.41, 5.74) is 1.63. The molecular formula is C58H79F7N10O14. The number of aliphatic hydroxyl groups excluding tert-OH is 3. The molecule has 4 saturated heterocycles. The van der Waals surface area contributed by atoms with Crippen LogP contribution in [0.3, 0.4) is 0 Å². The standard InChI is InChI=1S/C21H27FN2O5.C13H19F2N3O2.C13H18F2N2O3.C11H15F2N3O4/c1-5-21(14(3)25)13(2)18(22)19(29-21)23-11-10-17(26)24(20(23)27)12-15-6-8-16(28-4)9-7-15;1-4-13(8(3)14)7(2)10(15)11(20-13)18-6-5-9(16)17-12(18)19;1-4-13(8(3)14)7(2)10(15)11(20-13)17-6-5-9(18)16-12(17)19;1-5(12)11(4-17)8(18)7(13)9(20-11)16-3-2-6(14)15-10(16)19/h6-11,13-14,18-19,25H,5,12H2,1-4H3;5-8,10-11H,4H2,1-3H3,(H2,16,17,19);5-8,10-11H,4H2,1-3H3,(H,16,18,19);2-3,5,7-9,17-18H,4H2,1H3,(H2,14,15,19)/t13-,14+,18+,19+,21+;7-,8+,10+,11+,13+;7-,8-,10+,11+,13+;5-,7-,8+,9-,11+/m0001/s1. The maximum atomic E-state index is 15.1. The van der Waals surface area contributed by atoms with Gasteiger partial charge in [-0.15, -0.1) is 0 Å². The lowest BCUT2D eigenvalue weighted by molar-refractivity contribution is -0.161. The van der Waals surface area contributed by atoms with Crippen molar-refractivity contribution in [3.05, 3.63) is 142 Å². The van der Waals surface area contributed by atoms with E-state index >= 15 is 4.39 Å². The van der Waals surface area contributed by atoms with E-state index in [1.807, 2.05) is 11.9 Å². The molecule has 0 spiro atoms. The van der Waals surface area contributed by atoms with Crippen molar-refractivity contribution in [3.8, 4) is 5.75 Å². The molecule has 24 nitrogen and oxygen atoms in total. The lowest BCUT2D eigenvalue weighted by Gasteiger charge is -2.34. The number of nitrogens with one attached hydrogen (secondary N) is 1. The summed E-state index contributed by atoms with van der Waals surface area (Å²) in [5, 5.41) is 29.3. The molecule has 8 heterocycles. The molecule has 4 aliphatic rings. The zero-order chi connectivity index (χ0) is 66.6. The van der Waals surface area contributed by atoms with E-state index in [-0.39, 0.29) is 18.2 Å². The summed E-state index contributed by atoms with van der Waals surface area (Å²) < 4.78 is 132. The first-order valence-electron chi connectivity index (χ1n) is 28.9. The van der Waals surface area contributed by atoms with Crippen LogP contribution in [0.15, 0.2) is 102 Å². The van der Waals surface area contributed by atoms with Crippen molar-refractivity contribution in [2.75, 3.05) is 25.2 Å². The number of benzene rings is 1. The number of methoxy groups -OCH3 is 1. The van der Waals surface area contributed by atoms with E-state index in [2.05, 4.69) is 9.97 Å². The highest BCUT2D eigenvalue weighted by Crippen LogP contribution is 2.50. The van der Waals surface area contributed by atoms with Crippen molar-refractivity contribution in [1.82, 2.24) is 37.8 Å². The van der Waals surface area contributed by atoms with Gasteiger partial charge in [-0.05, 0) is 76.8 Å². The molecule has 0 radical (unpaired) electrons. The van der Waals surface area contributed by atoms with Gasteiger partial charge in [0.05, 0.1) is 26.4 Å². The molecule has 31 heteroatoms. The molecule has 9 rings (SSSR count). The molecule has 89 heavy (non-hydrogen) atoms. The Morgan fingerprint density at radius 3 is 1.36 bits per heavy atom. The number of aromatic amines is 1. The van der Waals surface area contributed by atoms with E-state index in [1.54, 1.807) is 72.9 Å². The molecule has 0 bridgehead atoms. The second-order valence-corrected chi connectivity index (χ2v) is 22.6. The Morgan fingerprint density at radius 2 is 0.989 bits per heavy atom. The number of nitrogens with two attached hydrogens (primary N) is 2. The molecule has 0 aliphatic carbocycles. The van der Waals surface area contributed by atoms with Gasteiger partial charge in [0.15, 0.2) is 55.2 Å². The van der Waals surface area contributed by atoms with E-state index in [1.165, 1.54) is 50.6 Å². The molecular weight excluding hydrogens is 1190 g/mol. The lowest BCUT2D eigenvalue weighted by atomic mass is 9.81. The topological polar surface area (TPSA) is 328 Å². The fourth-order valence-electron chi connectivity index (χ4n) is 12.1. The normalized spacial score (nSPS) is 32.7. The average molecular weight is 1270 g/mol. The fourth-order valence-corrected chi connectivity index (χ4v) is 12.1. The van der Waals surface area contributed by atoms with Gasteiger partial charge in [-0.2, -0.15) is 9.97 Å². The predicted molar refractivity (Wildman–Crippen MR) is 310 cm³/mol. The molecule has 20 atom stereocenters. The van der Waals surface area contributed by atoms with Crippen LogP contribution in [-0.2, 0) is 25.5 Å². The molecule has 0 saturated carbocycles. The summed E-state index contributed by atoms with van der Waals surface area (Å²) in [6.45, 7) is 14.5. The van der Waals surface area contributed by atoms with Gasteiger partial charge in [0.25, 0.3) is 11.1 Å². The van der Waals surface area contributed by atoms with Crippen LogP contribution in [0.4, 0.5) is 42.4 Å². The molecule has 4 aliphatic heterocycles. The molecule has 494 valence electrons. The Balaban J connectivity index is 0.000000192. The minimum Gasteiger partial charge on any atom is -0.497 e. The van der Waals surface area contributed by atoms with Crippen LogP contribution >= 0.6 is 0 Å². The quantitative estimate of drug-likeness (QED) is 0.0779. The van der Waals surface area contributed by atoms with Crippen LogP contribution in [0.5, 0.6) is 5.75 Å². The van der Waals surface area contributed by atoms with E-state index in [0.29, 0.717) is 25.0 Å². The molecule has 1 aromatic carbocycles. The number of aliphatic hydroxyl groups is 3. The summed E-state index contributed by atoms with van der Waals surface area (Å²) in [6, 6.07) is 11.9. The van der Waals surface area contributed by atoms with Crippen molar-refractivity contribution in [3.63, 3.8) is 0 Å². The van der Waals surface area contributed by atoms with Crippen molar-refractivity contribution in [1.29, 1.82) is 0 Å². The highest BCUT2D eigenvalue weighted by molar-refractivity contribution is 5.28. The highest BCUT2D eigenvalue weighted by Gasteiger charge is 2.61. The zero-order valence-electron chi connectivity index (χ0n) is 51.0. The van der Waals surface area contributed by atoms with Gasteiger partial charge < -0.3 is 50.5 Å². The Bertz CT molecular complexity index is 3480. The Kier molecular flexibility index (Phi) is 22.7. The average Bonchev–Trinajstić information content (AvgIpc) is 1.69. The van der Waals surface area contributed by atoms with Crippen LogP contribution in [0.25, 0.3) is 0 Å². The molecule has 8 N–H and O–H groups in total. The van der Waals surface area contributed by atoms with Crippen molar-refractivity contribution < 1.29 is 69.7 Å². The first-order chi connectivity index (χ1) is 41.7. The highest BCUT2D eigenvalue weighted by atomic mass is 19.2. The van der Waals surface area contributed by atoms with Crippen LogP contribution in [0, 0.1) is 17.8 Å². The SMILES string of the molecule is CC[C@@]1([C@@H](C)F)O[C@@H](n2ccc(N)nc2=O)[C@H](F)[C@@H]1C.CC[C@@]1([C@@H](C)O)O[C@@H](n2ccc(=O)n(Cc3ccc(OC)cc3)c2=O)[C@H](F)[C@@H]1C.CC[C@@]1([C@H](C)F)O[C@@H](n2ccc(=O)[nH]c2=O)[C@H](F)[C@@H]1C.C[C@@H](F)[C@]1(CO)O[C@@H](n2ccc(N)nc2=O)[C@H](F)[C@@H]1O. The Morgan fingerprint density at radius 1 is 0.596 bits per heavy atom. The zero-order valence-corrected chi connectivity index (χ0v) is 51.0. The van der Waals surface area contributed by atoms with Crippen LogP contribution in [0.2, 0.25) is 0 Å². The number of hydrogen-bond donors (Lipinski definition) is 6. The van der Waals surface area contributed by atoms with Crippen molar-refractivity contribution >= 4 is 11.6 Å². The minimum absolute atomic E-state index is 0.0387. The van der Waals surface area contributed by atoms with E-state index in [4.69, 9.17) is 35.2 Å². The monoisotopic (exact) mass is 1270 g/mol. The molecule has 0 unspecified atom stereocenters. The number of aromatic nitrogens is 8. The predicted octanol–water partition coefficient (Wildman–Crippen LogP) is 4.62. The second kappa shape index (κ2) is 28.4. The number of nitrogens with zero attached hydrogens (tertiary/aromatic N) is 7. The second-order valence-electron chi connectivity index (χ2n) is 22.6. The van der Waals surface area contributed by atoms with Crippen LogP contribution in [0.1, 0.15) is 119 Å². The van der Waals surface area contributed by atoms with Gasteiger partial charge >= 0.3 is 22.8 Å². The Labute approximate surface area is 505 Å². The number of rotatable bonds is 15. The van der Waals surface area contributed by atoms with Crippen molar-refractivity contribution in [2.45, 2.75) is 198 Å². The Hall–Kier alpha value is -7.03. The third kappa shape index (κ3) is 13.6. The van der Waals surface area contributed by atoms with Gasteiger partial charge in [-0.3, -0.25) is 37.4 Å².